The summed E-state index contributed by atoms with van der Waals surface area (Å²) in [4.78, 5) is 14.5. The van der Waals surface area contributed by atoms with E-state index in [-0.39, 0.29) is 28.9 Å². The largest absolute Gasteiger partial charge is 0.481 e. The molecule has 0 radical (unpaired) electrons. The minimum atomic E-state index is -4.46. The zero-order valence-electron chi connectivity index (χ0n) is 32.5. The van der Waals surface area contributed by atoms with Gasteiger partial charge in [0.1, 0.15) is 6.54 Å². The molecule has 0 bridgehead atoms. The van der Waals surface area contributed by atoms with Crippen LogP contribution >= 0.6 is 11.8 Å². The number of carboxylic acids is 1. The number of anilines is 1. The van der Waals surface area contributed by atoms with E-state index in [1.165, 1.54) is 29.1 Å². The molecule has 55 heavy (non-hydrogen) atoms. The number of nitrogens with zero attached hydrogens (tertiary/aromatic N) is 2. The Hall–Kier alpha value is -3.49. The van der Waals surface area contributed by atoms with Crippen molar-refractivity contribution in [1.82, 2.24) is 0 Å². The number of hydrogen-bond acceptors (Lipinski definition) is 7. The third-order valence-electron chi connectivity index (χ3n) is 10.9. The molecule has 3 N–H and O–H groups in total. The number of rotatable bonds is 17. The maximum atomic E-state index is 12.1. The van der Waals surface area contributed by atoms with Gasteiger partial charge >= 0.3 is 5.97 Å². The number of carboxylic acid groups (broad SMARTS) is 1. The smallest absolute Gasteiger partial charge is 0.304 e. The van der Waals surface area contributed by atoms with Gasteiger partial charge < -0.3 is 10.0 Å². The van der Waals surface area contributed by atoms with E-state index in [0.29, 0.717) is 24.3 Å². The van der Waals surface area contributed by atoms with E-state index < -0.39 is 31.6 Å². The van der Waals surface area contributed by atoms with Crippen LogP contribution in [0.15, 0.2) is 93.4 Å². The van der Waals surface area contributed by atoms with Crippen molar-refractivity contribution in [3.05, 3.63) is 99.6 Å². The normalized spacial score (nSPS) is 19.6. The van der Waals surface area contributed by atoms with Gasteiger partial charge in [-0.1, -0.05) is 57.5 Å². The molecule has 3 aliphatic rings. The van der Waals surface area contributed by atoms with Crippen LogP contribution in [0.2, 0.25) is 0 Å². The summed E-state index contributed by atoms with van der Waals surface area (Å²) in [7, 11) is -8.57. The van der Waals surface area contributed by atoms with Crippen LogP contribution in [-0.4, -0.2) is 71.9 Å². The topological polar surface area (TPSA) is 152 Å². The van der Waals surface area contributed by atoms with Crippen LogP contribution in [0.25, 0.3) is 0 Å². The number of allylic oxidation sites excluding steroid dienone is 7. The molecule has 13 heteroatoms. The van der Waals surface area contributed by atoms with E-state index in [9.17, 15) is 35.8 Å². The van der Waals surface area contributed by atoms with Crippen molar-refractivity contribution < 1.29 is 40.4 Å². The summed E-state index contributed by atoms with van der Waals surface area (Å²) >= 11 is 1.56. The molecule has 2 aromatic rings. The third kappa shape index (κ3) is 9.91. The molecule has 0 atom stereocenters. The maximum absolute atomic E-state index is 12.1. The first kappa shape index (κ1) is 42.6. The first-order valence-corrected chi connectivity index (χ1v) is 23.2. The van der Waals surface area contributed by atoms with Crippen LogP contribution in [0.3, 0.4) is 0 Å². The van der Waals surface area contributed by atoms with Crippen LogP contribution in [0, 0.1) is 0 Å². The molecule has 0 aromatic heterocycles. The molecule has 2 aromatic carbocycles. The Morgan fingerprint density at radius 3 is 2.35 bits per heavy atom. The SMILES string of the molecule is CCCCC[N+]1=C(/C=C/C2=C(SCCC(=O)O)C(=C/C=C3/N(CCCCS(=O)(=O)O)c4ccc(S(=O)(=O)O)cc4C3(C)C)/CCC2)C(C)(C)c2ccccc21. The Morgan fingerprint density at radius 2 is 1.65 bits per heavy atom. The summed E-state index contributed by atoms with van der Waals surface area (Å²) < 4.78 is 68.8. The fourth-order valence-corrected chi connectivity index (χ4v) is 10.3. The zero-order chi connectivity index (χ0) is 40.2. The molecule has 0 fully saturated rings. The predicted octanol–water partition coefficient (Wildman–Crippen LogP) is 8.98. The third-order valence-corrected chi connectivity index (χ3v) is 13.8. The molecule has 0 unspecified atom stereocenters. The van der Waals surface area contributed by atoms with Crippen LogP contribution < -0.4 is 4.90 Å². The van der Waals surface area contributed by atoms with Crippen LogP contribution in [0.5, 0.6) is 0 Å². The first-order valence-electron chi connectivity index (χ1n) is 19.1. The molecule has 0 amide bonds. The number of aliphatic carboxylic acids is 1. The quantitative estimate of drug-likeness (QED) is 0.0802. The molecule has 2 aliphatic heterocycles. The lowest BCUT2D eigenvalue weighted by Gasteiger charge is -2.27. The van der Waals surface area contributed by atoms with E-state index in [2.05, 4.69) is 72.7 Å². The van der Waals surface area contributed by atoms with Gasteiger partial charge in [-0.2, -0.15) is 21.4 Å². The number of unbranched alkanes of at least 4 members (excludes halogenated alkanes) is 3. The van der Waals surface area contributed by atoms with Gasteiger partial charge in [0.25, 0.3) is 20.2 Å². The van der Waals surface area contributed by atoms with Crippen LogP contribution in [-0.2, 0) is 35.9 Å². The first-order chi connectivity index (χ1) is 25.9. The van der Waals surface area contributed by atoms with Gasteiger partial charge in [0, 0.05) is 58.1 Å². The lowest BCUT2D eigenvalue weighted by atomic mass is 9.81. The fraction of sp³-hybridized carbons (Fsp3) is 0.476. The van der Waals surface area contributed by atoms with E-state index in [0.717, 1.165) is 72.5 Å². The second kappa shape index (κ2) is 17.3. The van der Waals surface area contributed by atoms with Crippen LogP contribution in [0.1, 0.15) is 104 Å². The molecular formula is C42H55N2O8S3+. The van der Waals surface area contributed by atoms with Gasteiger partial charge in [-0.05, 0) is 93.4 Å². The highest BCUT2D eigenvalue weighted by atomic mass is 32.2. The summed E-state index contributed by atoms with van der Waals surface area (Å²) in [6.45, 7) is 12.1. The molecular weight excluding hydrogens is 757 g/mol. The average molecular weight is 812 g/mol. The minimum absolute atomic E-state index is 0.0280. The van der Waals surface area contributed by atoms with E-state index >= 15 is 0 Å². The van der Waals surface area contributed by atoms with Crippen molar-refractivity contribution in [1.29, 1.82) is 0 Å². The molecule has 10 nitrogen and oxygen atoms in total. The number of hydrogen-bond donors (Lipinski definition) is 3. The van der Waals surface area contributed by atoms with Crippen molar-refractivity contribution in [2.45, 2.75) is 108 Å². The molecule has 298 valence electrons. The van der Waals surface area contributed by atoms with Gasteiger partial charge in [0.05, 0.1) is 22.5 Å². The van der Waals surface area contributed by atoms with Crippen molar-refractivity contribution in [2.24, 2.45) is 0 Å². The summed E-state index contributed by atoms with van der Waals surface area (Å²) in [5.74, 6) is -0.794. The standard InChI is InChI=1S/C42H54N2O8S3/c1-6-7-10-25-43-35-17-9-8-16-33(35)41(2,3)37(43)22-18-30-14-13-15-31(40(30)53-27-24-39(45)46)19-23-38-42(4,5)34-29-32(55(50,51)52)20-21-36(34)44(38)26-11-12-28-54(47,48)49/h8-9,16-23,29H,6-7,10-15,24-28H2,1-5H3,(H2-,45,46,47,48,49,50,51,52)/p+1. The van der Waals surface area contributed by atoms with Crippen molar-refractivity contribution in [2.75, 3.05) is 29.5 Å². The zero-order valence-corrected chi connectivity index (χ0v) is 35.0. The Balaban J connectivity index is 1.58. The van der Waals surface area contributed by atoms with Gasteiger partial charge in [-0.25, -0.2) is 0 Å². The van der Waals surface area contributed by atoms with E-state index in [4.69, 9.17) is 0 Å². The van der Waals surface area contributed by atoms with Crippen LogP contribution in [0.4, 0.5) is 11.4 Å². The van der Waals surface area contributed by atoms with E-state index in [1.54, 1.807) is 17.8 Å². The summed E-state index contributed by atoms with van der Waals surface area (Å²) in [5.41, 5.74) is 7.49. The monoisotopic (exact) mass is 811 g/mol. The molecule has 2 heterocycles. The minimum Gasteiger partial charge on any atom is -0.481 e. The van der Waals surface area contributed by atoms with E-state index in [1.807, 2.05) is 19.9 Å². The predicted molar refractivity (Wildman–Crippen MR) is 222 cm³/mol. The summed E-state index contributed by atoms with van der Waals surface area (Å²) in [5, 5.41) is 9.52. The van der Waals surface area contributed by atoms with Gasteiger partial charge in [0.2, 0.25) is 5.69 Å². The number of para-hydroxylation sites is 1. The van der Waals surface area contributed by atoms with Crippen molar-refractivity contribution in [3.63, 3.8) is 0 Å². The maximum Gasteiger partial charge on any atom is 0.304 e. The van der Waals surface area contributed by atoms with Gasteiger partial charge in [-0.3, -0.25) is 13.9 Å². The number of fused-ring (bicyclic) bond motifs is 2. The number of thioether (sulfide) groups is 1. The molecule has 0 spiro atoms. The molecule has 0 saturated carbocycles. The Bertz CT molecular complexity index is 2180. The number of benzene rings is 2. The average Bonchev–Trinajstić information content (AvgIpc) is 3.45. The molecule has 0 saturated heterocycles. The van der Waals surface area contributed by atoms with Crippen molar-refractivity contribution >= 4 is 55.1 Å². The lowest BCUT2D eigenvalue weighted by Crippen LogP contribution is -2.28. The molecule has 5 rings (SSSR count). The Morgan fingerprint density at radius 1 is 0.909 bits per heavy atom. The summed E-state index contributed by atoms with van der Waals surface area (Å²) in [6, 6.07) is 13.1. The summed E-state index contributed by atoms with van der Waals surface area (Å²) in [6.07, 6.45) is 15.3. The molecule has 1 aliphatic carbocycles. The van der Waals surface area contributed by atoms with Gasteiger partial charge in [0.15, 0.2) is 5.71 Å². The second-order valence-electron chi connectivity index (χ2n) is 15.6. The highest BCUT2D eigenvalue weighted by Crippen LogP contribution is 2.49. The van der Waals surface area contributed by atoms with Crippen molar-refractivity contribution in [3.8, 4) is 0 Å². The number of carbonyl (C=O) groups is 1. The Kier molecular flexibility index (Phi) is 13.4. The highest BCUT2D eigenvalue weighted by Gasteiger charge is 2.44. The lowest BCUT2D eigenvalue weighted by molar-refractivity contribution is -0.438. The Labute approximate surface area is 331 Å². The highest BCUT2D eigenvalue weighted by molar-refractivity contribution is 8.03. The second-order valence-corrected chi connectivity index (χ2v) is 19.7. The van der Waals surface area contributed by atoms with Gasteiger partial charge in [-0.15, -0.1) is 11.8 Å². The fourth-order valence-electron chi connectivity index (χ4n) is 8.02.